The van der Waals surface area contributed by atoms with Crippen LogP contribution < -0.4 is 5.32 Å². The highest BCUT2D eigenvalue weighted by Gasteiger charge is 2.10. The average Bonchev–Trinajstić information content (AvgIpc) is 2.53. The summed E-state index contributed by atoms with van der Waals surface area (Å²) in [7, 11) is 0. The maximum Gasteiger partial charge on any atom is 0.107 e. The molecule has 3 heteroatoms. The van der Waals surface area contributed by atoms with Crippen molar-refractivity contribution in [2.24, 2.45) is 5.92 Å². The monoisotopic (exact) mass is 329 g/mol. The molecule has 0 rings (SSSR count). The fourth-order valence-electron chi connectivity index (χ4n) is 2.82. The molecule has 0 bridgehead atoms. The fourth-order valence-corrected chi connectivity index (χ4v) is 2.82. The summed E-state index contributed by atoms with van der Waals surface area (Å²) in [6, 6.07) is 0. The van der Waals surface area contributed by atoms with Crippen LogP contribution in [0.5, 0.6) is 0 Å². The van der Waals surface area contributed by atoms with Crippen molar-refractivity contribution in [3.05, 3.63) is 0 Å². The third kappa shape index (κ3) is 16.5. The summed E-state index contributed by atoms with van der Waals surface area (Å²) in [6.07, 6.45) is 16.1. The summed E-state index contributed by atoms with van der Waals surface area (Å²) in [5, 5.41) is 22.5. The molecule has 0 radical (unpaired) electrons. The molecule has 0 aromatic heterocycles. The number of nitrogens with one attached hydrogen (secondary N) is 1. The van der Waals surface area contributed by atoms with E-state index >= 15 is 0 Å². The first-order valence-electron chi connectivity index (χ1n) is 10.2. The van der Waals surface area contributed by atoms with E-state index in [1.807, 2.05) is 13.8 Å². The van der Waals surface area contributed by atoms with E-state index in [9.17, 15) is 10.2 Å². The molecule has 0 aliphatic carbocycles. The van der Waals surface area contributed by atoms with Gasteiger partial charge in [0.05, 0.1) is 6.10 Å². The summed E-state index contributed by atoms with van der Waals surface area (Å²) < 4.78 is 0. The van der Waals surface area contributed by atoms with Gasteiger partial charge < -0.3 is 10.2 Å². The van der Waals surface area contributed by atoms with Gasteiger partial charge in [-0.25, -0.2) is 0 Å². The SMILES string of the molecule is CCCCCCCCCCCCCCC(O)CNC(O)C(C)C. The predicted octanol–water partition coefficient (Wildman–Crippen LogP) is 5.00. The summed E-state index contributed by atoms with van der Waals surface area (Å²) in [5.74, 6) is 0.189. The second-order valence-electron chi connectivity index (χ2n) is 7.43. The lowest BCUT2D eigenvalue weighted by Crippen LogP contribution is -2.38. The molecule has 2 atom stereocenters. The molecule has 0 aromatic rings. The van der Waals surface area contributed by atoms with E-state index in [0.29, 0.717) is 6.54 Å². The third-order valence-corrected chi connectivity index (χ3v) is 4.58. The van der Waals surface area contributed by atoms with Crippen LogP contribution in [-0.2, 0) is 0 Å². The van der Waals surface area contributed by atoms with E-state index in [1.165, 1.54) is 70.6 Å². The lowest BCUT2D eigenvalue weighted by atomic mass is 10.0. The maximum absolute atomic E-state index is 9.87. The second kappa shape index (κ2) is 16.7. The van der Waals surface area contributed by atoms with Gasteiger partial charge in [-0.15, -0.1) is 0 Å². The lowest BCUT2D eigenvalue weighted by molar-refractivity contribution is 0.0664. The Kier molecular flexibility index (Phi) is 16.6. The zero-order valence-electron chi connectivity index (χ0n) is 16.0. The topological polar surface area (TPSA) is 52.5 Å². The van der Waals surface area contributed by atoms with Crippen molar-refractivity contribution in [1.29, 1.82) is 0 Å². The van der Waals surface area contributed by atoms with Gasteiger partial charge >= 0.3 is 0 Å². The van der Waals surface area contributed by atoms with Gasteiger partial charge in [0.1, 0.15) is 6.23 Å². The van der Waals surface area contributed by atoms with Crippen molar-refractivity contribution in [1.82, 2.24) is 5.32 Å². The summed E-state index contributed by atoms with van der Waals surface area (Å²) in [5.41, 5.74) is 0. The molecule has 23 heavy (non-hydrogen) atoms. The van der Waals surface area contributed by atoms with Gasteiger partial charge in [-0.05, 0) is 12.3 Å². The molecule has 0 fully saturated rings. The van der Waals surface area contributed by atoms with E-state index in [2.05, 4.69) is 12.2 Å². The van der Waals surface area contributed by atoms with Crippen LogP contribution in [-0.4, -0.2) is 29.1 Å². The quantitative estimate of drug-likeness (QED) is 0.260. The number of aliphatic hydroxyl groups is 2. The largest absolute Gasteiger partial charge is 0.392 e. The van der Waals surface area contributed by atoms with Crippen molar-refractivity contribution in [3.63, 3.8) is 0 Å². The zero-order valence-corrected chi connectivity index (χ0v) is 16.0. The Balaban J connectivity index is 3.20. The Labute approximate surface area is 145 Å². The van der Waals surface area contributed by atoms with E-state index in [4.69, 9.17) is 0 Å². The van der Waals surface area contributed by atoms with Gasteiger partial charge in [0.15, 0.2) is 0 Å². The van der Waals surface area contributed by atoms with Gasteiger partial charge in [-0.2, -0.15) is 0 Å². The average molecular weight is 330 g/mol. The van der Waals surface area contributed by atoms with E-state index in [-0.39, 0.29) is 12.0 Å². The third-order valence-electron chi connectivity index (χ3n) is 4.58. The Morgan fingerprint density at radius 1 is 0.696 bits per heavy atom. The van der Waals surface area contributed by atoms with Crippen LogP contribution in [0, 0.1) is 5.92 Å². The van der Waals surface area contributed by atoms with Crippen molar-refractivity contribution in [3.8, 4) is 0 Å². The number of hydrogen-bond acceptors (Lipinski definition) is 3. The van der Waals surface area contributed by atoms with Crippen LogP contribution in [0.25, 0.3) is 0 Å². The Morgan fingerprint density at radius 3 is 1.57 bits per heavy atom. The van der Waals surface area contributed by atoms with Crippen LogP contribution in [0.2, 0.25) is 0 Å². The maximum atomic E-state index is 9.87. The molecule has 2 unspecified atom stereocenters. The minimum atomic E-state index is -0.508. The molecule has 0 saturated carbocycles. The smallest absolute Gasteiger partial charge is 0.107 e. The normalized spacial score (nSPS) is 14.3. The first kappa shape index (κ1) is 22.9. The first-order valence-corrected chi connectivity index (χ1v) is 10.2. The predicted molar refractivity (Wildman–Crippen MR) is 101 cm³/mol. The standard InChI is InChI=1S/C20H43NO2/c1-4-5-6-7-8-9-10-11-12-13-14-15-16-19(22)17-21-20(23)18(2)3/h18-23H,4-17H2,1-3H3. The van der Waals surface area contributed by atoms with Crippen LogP contribution in [0.4, 0.5) is 0 Å². The molecule has 0 aliphatic heterocycles. The molecule has 0 amide bonds. The number of unbranched alkanes of at least 4 members (excludes halogenated alkanes) is 11. The van der Waals surface area contributed by atoms with Crippen LogP contribution in [0.15, 0.2) is 0 Å². The van der Waals surface area contributed by atoms with E-state index < -0.39 is 6.23 Å². The molecule has 3 N–H and O–H groups in total. The minimum Gasteiger partial charge on any atom is -0.392 e. The Bertz CT molecular complexity index is 234. The molecule has 0 spiro atoms. The molecule has 140 valence electrons. The van der Waals surface area contributed by atoms with E-state index in [1.54, 1.807) is 0 Å². The number of rotatable bonds is 17. The molecular formula is C20H43NO2. The molecule has 0 saturated heterocycles. The van der Waals surface area contributed by atoms with Gasteiger partial charge in [-0.1, -0.05) is 97.8 Å². The molecule has 0 heterocycles. The first-order chi connectivity index (χ1) is 11.1. The highest BCUT2D eigenvalue weighted by atomic mass is 16.3. The van der Waals surface area contributed by atoms with Crippen molar-refractivity contribution >= 4 is 0 Å². The van der Waals surface area contributed by atoms with Crippen LogP contribution in [0.3, 0.4) is 0 Å². The van der Waals surface area contributed by atoms with Gasteiger partial charge in [0, 0.05) is 6.54 Å². The highest BCUT2D eigenvalue weighted by molar-refractivity contribution is 4.64. The van der Waals surface area contributed by atoms with Gasteiger partial charge in [0.25, 0.3) is 0 Å². The van der Waals surface area contributed by atoms with Crippen molar-refractivity contribution in [2.75, 3.05) is 6.54 Å². The minimum absolute atomic E-state index is 0.189. The highest BCUT2D eigenvalue weighted by Crippen LogP contribution is 2.13. The van der Waals surface area contributed by atoms with Crippen LogP contribution >= 0.6 is 0 Å². The number of aliphatic hydroxyl groups excluding tert-OH is 2. The second-order valence-corrected chi connectivity index (χ2v) is 7.43. The van der Waals surface area contributed by atoms with Gasteiger partial charge in [-0.3, -0.25) is 5.32 Å². The summed E-state index contributed by atoms with van der Waals surface area (Å²) >= 11 is 0. The van der Waals surface area contributed by atoms with E-state index in [0.717, 1.165) is 12.8 Å². The molecule has 0 aliphatic rings. The fraction of sp³-hybridized carbons (Fsp3) is 1.00. The van der Waals surface area contributed by atoms with Crippen LogP contribution in [0.1, 0.15) is 104 Å². The summed E-state index contributed by atoms with van der Waals surface area (Å²) in [4.78, 5) is 0. The molecule has 0 aromatic carbocycles. The Morgan fingerprint density at radius 2 is 1.13 bits per heavy atom. The molecule has 3 nitrogen and oxygen atoms in total. The van der Waals surface area contributed by atoms with Gasteiger partial charge in [0.2, 0.25) is 0 Å². The number of hydrogen-bond donors (Lipinski definition) is 3. The van der Waals surface area contributed by atoms with Crippen molar-refractivity contribution < 1.29 is 10.2 Å². The zero-order chi connectivity index (χ0) is 17.3. The molecular weight excluding hydrogens is 286 g/mol. The lowest BCUT2D eigenvalue weighted by Gasteiger charge is -2.18. The summed E-state index contributed by atoms with van der Waals surface area (Å²) in [6.45, 7) is 6.70. The van der Waals surface area contributed by atoms with Crippen molar-refractivity contribution in [2.45, 2.75) is 117 Å². The Hall–Kier alpha value is -0.120.